The molecule has 4 rings (SSSR count). The van der Waals surface area contributed by atoms with Crippen LogP contribution >= 0.6 is 0 Å². The standard InChI is InChI=1S/C19H22F3N6/c1-28(2)9-3-4-14(10-28)25-18-17-16(23-11-24-17)15(26-27-18)12-5-7-13(8-6-12)19(20,21)22/h5-8,11,14H,3-4,9-10H2,1-2H3,(H,23,24)(H,25,27)/q+1/t14-/m1/s1. The van der Waals surface area contributed by atoms with Crippen molar-refractivity contribution in [3.8, 4) is 11.3 Å². The Morgan fingerprint density at radius 1 is 1.14 bits per heavy atom. The highest BCUT2D eigenvalue weighted by Crippen LogP contribution is 2.32. The summed E-state index contributed by atoms with van der Waals surface area (Å²) in [7, 11) is 4.41. The van der Waals surface area contributed by atoms with Gasteiger partial charge < -0.3 is 14.8 Å². The van der Waals surface area contributed by atoms with Crippen molar-refractivity contribution in [3.63, 3.8) is 0 Å². The average molecular weight is 391 g/mol. The number of nitrogens with zero attached hydrogens (tertiary/aromatic N) is 4. The number of halogens is 3. The second kappa shape index (κ2) is 6.73. The Morgan fingerprint density at radius 2 is 1.89 bits per heavy atom. The number of fused-ring (bicyclic) bond motifs is 1. The average Bonchev–Trinajstić information content (AvgIpc) is 3.11. The highest BCUT2D eigenvalue weighted by Gasteiger charge is 2.30. The third kappa shape index (κ3) is 3.66. The smallest absolute Gasteiger partial charge is 0.358 e. The molecule has 3 heterocycles. The molecule has 1 fully saturated rings. The van der Waals surface area contributed by atoms with Crippen molar-refractivity contribution in [2.75, 3.05) is 32.5 Å². The normalized spacial score (nSPS) is 19.7. The zero-order valence-corrected chi connectivity index (χ0v) is 15.7. The lowest BCUT2D eigenvalue weighted by Crippen LogP contribution is -2.51. The number of imidazole rings is 1. The van der Waals surface area contributed by atoms with Crippen molar-refractivity contribution < 1.29 is 17.7 Å². The van der Waals surface area contributed by atoms with Gasteiger partial charge in [-0.1, -0.05) is 12.1 Å². The number of nitrogens with one attached hydrogen (secondary N) is 2. The summed E-state index contributed by atoms with van der Waals surface area (Å²) in [5.74, 6) is 0.620. The minimum atomic E-state index is -4.37. The molecule has 0 radical (unpaired) electrons. The fourth-order valence-corrected chi connectivity index (χ4v) is 3.82. The van der Waals surface area contributed by atoms with E-state index in [0.717, 1.165) is 42.5 Å². The Hall–Kier alpha value is -2.68. The quantitative estimate of drug-likeness (QED) is 0.669. The number of H-pyrrole nitrogens is 1. The number of rotatable bonds is 3. The molecule has 1 aliphatic heterocycles. The number of aromatic nitrogens is 4. The van der Waals surface area contributed by atoms with Crippen LogP contribution in [0.15, 0.2) is 30.6 Å². The van der Waals surface area contributed by atoms with Gasteiger partial charge in [0.2, 0.25) is 0 Å². The van der Waals surface area contributed by atoms with Crippen LogP contribution in [-0.2, 0) is 6.18 Å². The summed E-state index contributed by atoms with van der Waals surface area (Å²) in [6, 6.07) is 5.17. The lowest BCUT2D eigenvalue weighted by molar-refractivity contribution is -0.895. The van der Waals surface area contributed by atoms with Gasteiger partial charge in [-0.05, 0) is 25.0 Å². The molecule has 2 aromatic heterocycles. The number of likely N-dealkylation sites (N-methyl/N-ethyl adjacent to an activating group) is 1. The number of hydrogen-bond donors (Lipinski definition) is 2. The van der Waals surface area contributed by atoms with E-state index in [1.165, 1.54) is 12.1 Å². The molecule has 2 N–H and O–H groups in total. The van der Waals surface area contributed by atoms with Gasteiger partial charge in [-0.25, -0.2) is 4.98 Å². The Bertz CT molecular complexity index is 977. The van der Waals surface area contributed by atoms with Crippen LogP contribution in [0.3, 0.4) is 0 Å². The van der Waals surface area contributed by atoms with Crippen molar-refractivity contribution in [2.45, 2.75) is 25.1 Å². The number of likely N-dealkylation sites (tertiary alicyclic amines) is 1. The van der Waals surface area contributed by atoms with Gasteiger partial charge in [0.25, 0.3) is 0 Å². The van der Waals surface area contributed by atoms with Crippen molar-refractivity contribution >= 4 is 16.9 Å². The molecule has 1 saturated heterocycles. The van der Waals surface area contributed by atoms with E-state index in [0.29, 0.717) is 28.1 Å². The van der Waals surface area contributed by atoms with Crippen LogP contribution in [0.1, 0.15) is 18.4 Å². The predicted molar refractivity (Wildman–Crippen MR) is 101 cm³/mol. The van der Waals surface area contributed by atoms with Crippen LogP contribution in [0.25, 0.3) is 22.3 Å². The maximum absolute atomic E-state index is 12.8. The number of piperidine rings is 1. The number of aromatic amines is 1. The fourth-order valence-electron chi connectivity index (χ4n) is 3.82. The molecule has 0 bridgehead atoms. The largest absolute Gasteiger partial charge is 0.416 e. The number of quaternary nitrogens is 1. The fraction of sp³-hybridized carbons (Fsp3) is 0.421. The number of hydrogen-bond acceptors (Lipinski definition) is 4. The van der Waals surface area contributed by atoms with E-state index in [2.05, 4.69) is 39.6 Å². The molecule has 1 aliphatic rings. The van der Waals surface area contributed by atoms with Gasteiger partial charge in [0, 0.05) is 5.56 Å². The third-order valence-corrected chi connectivity index (χ3v) is 5.21. The molecule has 0 unspecified atom stereocenters. The second-order valence-electron chi connectivity index (χ2n) is 7.92. The van der Waals surface area contributed by atoms with Gasteiger partial charge >= 0.3 is 6.18 Å². The molecule has 9 heteroatoms. The molecule has 148 valence electrons. The van der Waals surface area contributed by atoms with E-state index in [1.54, 1.807) is 6.33 Å². The third-order valence-electron chi connectivity index (χ3n) is 5.21. The number of benzene rings is 1. The first-order chi connectivity index (χ1) is 13.2. The number of alkyl halides is 3. The van der Waals surface area contributed by atoms with Crippen molar-refractivity contribution in [3.05, 3.63) is 36.2 Å². The Labute approximate surface area is 160 Å². The first kappa shape index (κ1) is 18.7. The first-order valence-electron chi connectivity index (χ1n) is 9.19. The monoisotopic (exact) mass is 391 g/mol. The SMILES string of the molecule is C[N+]1(C)CCC[C@@H](Nc2nnc(-c3ccc(C(F)(F)F)cc3)c3nc[nH]c23)C1. The Morgan fingerprint density at radius 3 is 2.57 bits per heavy atom. The van der Waals surface area contributed by atoms with E-state index in [4.69, 9.17) is 0 Å². The van der Waals surface area contributed by atoms with Gasteiger partial charge in [0.15, 0.2) is 5.82 Å². The van der Waals surface area contributed by atoms with E-state index in [-0.39, 0.29) is 6.04 Å². The van der Waals surface area contributed by atoms with E-state index in [1.807, 2.05) is 0 Å². The summed E-state index contributed by atoms with van der Waals surface area (Å²) >= 11 is 0. The van der Waals surface area contributed by atoms with Gasteiger partial charge in [-0.3, -0.25) is 0 Å². The van der Waals surface area contributed by atoms with E-state index < -0.39 is 11.7 Å². The van der Waals surface area contributed by atoms with Gasteiger partial charge in [0.1, 0.15) is 16.7 Å². The second-order valence-corrected chi connectivity index (χ2v) is 7.92. The van der Waals surface area contributed by atoms with E-state index in [9.17, 15) is 13.2 Å². The van der Waals surface area contributed by atoms with Crippen LogP contribution < -0.4 is 5.32 Å². The zero-order chi connectivity index (χ0) is 19.9. The van der Waals surface area contributed by atoms with Gasteiger partial charge in [-0.2, -0.15) is 13.2 Å². The maximum Gasteiger partial charge on any atom is 0.416 e. The summed E-state index contributed by atoms with van der Waals surface area (Å²) in [5, 5.41) is 12.0. The minimum Gasteiger partial charge on any atom is -0.358 e. The molecular formula is C19H22F3N6+. The highest BCUT2D eigenvalue weighted by atomic mass is 19.4. The van der Waals surface area contributed by atoms with Crippen molar-refractivity contribution in [1.82, 2.24) is 20.2 Å². The van der Waals surface area contributed by atoms with Gasteiger partial charge in [0.05, 0.1) is 45.1 Å². The molecule has 0 amide bonds. The zero-order valence-electron chi connectivity index (χ0n) is 15.7. The van der Waals surface area contributed by atoms with Crippen molar-refractivity contribution in [2.24, 2.45) is 0 Å². The summed E-state index contributed by atoms with van der Waals surface area (Å²) in [4.78, 5) is 7.41. The molecule has 0 aliphatic carbocycles. The van der Waals surface area contributed by atoms with Crippen LogP contribution in [0.5, 0.6) is 0 Å². The van der Waals surface area contributed by atoms with Gasteiger partial charge in [-0.15, -0.1) is 10.2 Å². The highest BCUT2D eigenvalue weighted by molar-refractivity contribution is 5.94. The lowest BCUT2D eigenvalue weighted by atomic mass is 10.0. The van der Waals surface area contributed by atoms with Crippen molar-refractivity contribution in [1.29, 1.82) is 0 Å². The molecule has 3 aromatic rings. The predicted octanol–water partition coefficient (Wildman–Crippen LogP) is 3.69. The maximum atomic E-state index is 12.8. The van der Waals surface area contributed by atoms with Crippen LogP contribution in [0.2, 0.25) is 0 Å². The lowest BCUT2D eigenvalue weighted by Gasteiger charge is -2.38. The topological polar surface area (TPSA) is 66.5 Å². The van der Waals surface area contributed by atoms with Crippen LogP contribution in [0.4, 0.5) is 19.0 Å². The molecule has 28 heavy (non-hydrogen) atoms. The molecule has 1 aromatic carbocycles. The Kier molecular flexibility index (Phi) is 4.49. The van der Waals surface area contributed by atoms with Crippen LogP contribution in [0, 0.1) is 0 Å². The molecular weight excluding hydrogens is 369 g/mol. The molecule has 0 saturated carbocycles. The summed E-state index contributed by atoms with van der Waals surface area (Å²) in [6.07, 6.45) is -0.632. The van der Waals surface area contributed by atoms with E-state index >= 15 is 0 Å². The summed E-state index contributed by atoms with van der Waals surface area (Å²) in [5.41, 5.74) is 1.59. The van der Waals surface area contributed by atoms with Crippen LogP contribution in [-0.4, -0.2) is 57.9 Å². The summed E-state index contributed by atoms with van der Waals surface area (Å²) < 4.78 is 39.3. The molecule has 1 atom stereocenters. The molecule has 0 spiro atoms. The minimum absolute atomic E-state index is 0.279. The first-order valence-corrected chi connectivity index (χ1v) is 9.19. The Balaban J connectivity index is 1.64. The summed E-state index contributed by atoms with van der Waals surface area (Å²) in [6.45, 7) is 2.13. The molecule has 6 nitrogen and oxygen atoms in total. The number of anilines is 1.